The van der Waals surface area contributed by atoms with Crippen molar-refractivity contribution in [2.24, 2.45) is 0 Å². The van der Waals surface area contributed by atoms with E-state index in [-0.39, 0.29) is 12.3 Å². The van der Waals surface area contributed by atoms with Gasteiger partial charge in [-0.15, -0.1) is 0 Å². The lowest BCUT2D eigenvalue weighted by atomic mass is 10.2. The van der Waals surface area contributed by atoms with E-state index in [1.54, 1.807) is 4.40 Å². The summed E-state index contributed by atoms with van der Waals surface area (Å²) in [5.74, 6) is -0.943. The van der Waals surface area contributed by atoms with Crippen molar-refractivity contribution in [1.29, 1.82) is 0 Å². The van der Waals surface area contributed by atoms with E-state index in [4.69, 9.17) is 5.11 Å². The fourth-order valence-electron chi connectivity index (χ4n) is 2.52. The van der Waals surface area contributed by atoms with Crippen molar-refractivity contribution in [2.75, 3.05) is 6.54 Å². The molecule has 1 amide bonds. The molecule has 2 rings (SSSR count). The summed E-state index contributed by atoms with van der Waals surface area (Å²) in [6.07, 6.45) is 4.19. The highest BCUT2D eigenvalue weighted by Crippen LogP contribution is 2.20. The molecule has 0 spiro atoms. The fraction of sp³-hybridized carbons (Fsp3) is 0.438. The molecule has 7 heteroatoms. The molecule has 0 unspecified atom stereocenters. The second-order valence-corrected chi connectivity index (χ2v) is 6.46. The minimum atomic E-state index is -0.781. The van der Waals surface area contributed by atoms with E-state index in [0.29, 0.717) is 24.4 Å². The number of aryl methyl sites for hydroxylation is 2. The highest BCUT2D eigenvalue weighted by molar-refractivity contribution is 9.10. The van der Waals surface area contributed by atoms with Crippen LogP contribution in [0.3, 0.4) is 0 Å². The molecule has 2 N–H and O–H groups in total. The Morgan fingerprint density at radius 2 is 2.04 bits per heavy atom. The number of carbonyl (C=O) groups is 2. The van der Waals surface area contributed by atoms with Crippen molar-refractivity contribution >= 4 is 33.5 Å². The van der Waals surface area contributed by atoms with Gasteiger partial charge in [0.15, 0.2) is 0 Å². The first-order valence-electron chi connectivity index (χ1n) is 7.55. The van der Waals surface area contributed by atoms with Crippen LogP contribution in [0, 0.1) is 13.8 Å². The SMILES string of the molecule is Cc1nc2c(C)cc(Br)cn2c1C(=O)NCCCCCC(=O)O. The average Bonchev–Trinajstić information content (AvgIpc) is 2.78. The monoisotopic (exact) mass is 381 g/mol. The first kappa shape index (κ1) is 17.5. The van der Waals surface area contributed by atoms with Gasteiger partial charge < -0.3 is 10.4 Å². The summed E-state index contributed by atoms with van der Waals surface area (Å²) in [7, 11) is 0. The van der Waals surface area contributed by atoms with Gasteiger partial charge in [0, 0.05) is 23.6 Å². The largest absolute Gasteiger partial charge is 0.481 e. The van der Waals surface area contributed by atoms with Crippen LogP contribution in [0.4, 0.5) is 0 Å². The molecule has 0 atom stereocenters. The molecule has 0 aromatic carbocycles. The fourth-order valence-corrected chi connectivity index (χ4v) is 3.07. The summed E-state index contributed by atoms with van der Waals surface area (Å²) in [5, 5.41) is 11.5. The Balaban J connectivity index is 2.01. The third kappa shape index (κ3) is 4.31. The lowest BCUT2D eigenvalue weighted by Crippen LogP contribution is -2.26. The number of halogens is 1. The standard InChI is InChI=1S/C16H20BrN3O3/c1-10-8-12(17)9-20-14(11(2)19-15(10)20)16(23)18-7-5-3-4-6-13(21)22/h8-9H,3-7H2,1-2H3,(H,18,23)(H,21,22). The molecule has 0 aliphatic rings. The molecule has 0 saturated carbocycles. The number of pyridine rings is 1. The summed E-state index contributed by atoms with van der Waals surface area (Å²) in [6, 6.07) is 1.96. The highest BCUT2D eigenvalue weighted by atomic mass is 79.9. The molecular formula is C16H20BrN3O3. The zero-order valence-corrected chi connectivity index (χ0v) is 14.8. The van der Waals surface area contributed by atoms with Crippen LogP contribution >= 0.6 is 15.9 Å². The lowest BCUT2D eigenvalue weighted by molar-refractivity contribution is -0.137. The Labute approximate surface area is 143 Å². The molecule has 23 heavy (non-hydrogen) atoms. The molecule has 0 bridgehead atoms. The summed E-state index contributed by atoms with van der Waals surface area (Å²) in [4.78, 5) is 27.3. The van der Waals surface area contributed by atoms with E-state index in [9.17, 15) is 9.59 Å². The first-order chi connectivity index (χ1) is 10.9. The Morgan fingerprint density at radius 1 is 1.30 bits per heavy atom. The van der Waals surface area contributed by atoms with Gasteiger partial charge in [-0.05, 0) is 54.2 Å². The summed E-state index contributed by atoms with van der Waals surface area (Å²) >= 11 is 3.44. The maximum atomic E-state index is 12.4. The Hall–Kier alpha value is -1.89. The quantitative estimate of drug-likeness (QED) is 0.721. The predicted molar refractivity (Wildman–Crippen MR) is 90.8 cm³/mol. The molecule has 0 saturated heterocycles. The number of nitrogens with zero attached hydrogens (tertiary/aromatic N) is 2. The summed E-state index contributed by atoms with van der Waals surface area (Å²) in [5.41, 5.74) is 3.00. The third-order valence-corrected chi connectivity index (χ3v) is 4.05. The van der Waals surface area contributed by atoms with Crippen molar-refractivity contribution in [3.8, 4) is 0 Å². The van der Waals surface area contributed by atoms with Crippen molar-refractivity contribution in [3.63, 3.8) is 0 Å². The van der Waals surface area contributed by atoms with Crippen LogP contribution < -0.4 is 5.32 Å². The summed E-state index contributed by atoms with van der Waals surface area (Å²) < 4.78 is 2.69. The molecule has 2 aromatic heterocycles. The molecule has 6 nitrogen and oxygen atoms in total. The van der Waals surface area contributed by atoms with Crippen molar-refractivity contribution in [3.05, 3.63) is 33.7 Å². The number of carboxylic acids is 1. The number of amides is 1. The zero-order valence-electron chi connectivity index (χ0n) is 13.2. The number of carbonyl (C=O) groups excluding carboxylic acids is 1. The first-order valence-corrected chi connectivity index (χ1v) is 8.34. The van der Waals surface area contributed by atoms with E-state index < -0.39 is 5.97 Å². The number of rotatable bonds is 7. The minimum absolute atomic E-state index is 0.161. The number of hydrogen-bond donors (Lipinski definition) is 2. The third-order valence-electron chi connectivity index (χ3n) is 3.61. The lowest BCUT2D eigenvalue weighted by Gasteiger charge is -2.07. The van der Waals surface area contributed by atoms with Crippen LogP contribution in [0.25, 0.3) is 5.65 Å². The van der Waals surface area contributed by atoms with Crippen molar-refractivity contribution in [2.45, 2.75) is 39.5 Å². The van der Waals surface area contributed by atoms with Crippen LogP contribution in [0.5, 0.6) is 0 Å². The van der Waals surface area contributed by atoms with E-state index in [2.05, 4.69) is 26.2 Å². The normalized spacial score (nSPS) is 10.9. The van der Waals surface area contributed by atoms with E-state index >= 15 is 0 Å². The summed E-state index contributed by atoms with van der Waals surface area (Å²) in [6.45, 7) is 4.30. The van der Waals surface area contributed by atoms with Crippen LogP contribution in [0.2, 0.25) is 0 Å². The van der Waals surface area contributed by atoms with Crippen LogP contribution in [-0.4, -0.2) is 32.9 Å². The predicted octanol–water partition coefficient (Wildman–Crippen LogP) is 3.09. The zero-order chi connectivity index (χ0) is 17.0. The van der Waals surface area contributed by atoms with Gasteiger partial charge in [0.2, 0.25) is 0 Å². The van der Waals surface area contributed by atoms with Gasteiger partial charge in [0.1, 0.15) is 11.3 Å². The van der Waals surface area contributed by atoms with E-state index in [0.717, 1.165) is 28.5 Å². The number of hydrogen-bond acceptors (Lipinski definition) is 3. The number of carboxylic acid groups (broad SMARTS) is 1. The molecule has 0 radical (unpaired) electrons. The molecule has 124 valence electrons. The Bertz CT molecular complexity index is 740. The highest BCUT2D eigenvalue weighted by Gasteiger charge is 2.17. The van der Waals surface area contributed by atoms with E-state index in [1.165, 1.54) is 0 Å². The van der Waals surface area contributed by atoms with Crippen LogP contribution in [0.1, 0.15) is 47.4 Å². The van der Waals surface area contributed by atoms with Gasteiger partial charge in [-0.2, -0.15) is 0 Å². The molecule has 0 aliphatic heterocycles. The van der Waals surface area contributed by atoms with Crippen molar-refractivity contribution in [1.82, 2.24) is 14.7 Å². The van der Waals surface area contributed by atoms with E-state index in [1.807, 2.05) is 26.1 Å². The number of imidazole rings is 1. The smallest absolute Gasteiger partial charge is 0.303 e. The number of aromatic nitrogens is 2. The van der Waals surface area contributed by atoms with Gasteiger partial charge in [-0.25, -0.2) is 4.98 Å². The number of unbranched alkanes of at least 4 members (excludes halogenated alkanes) is 2. The average molecular weight is 382 g/mol. The molecule has 2 heterocycles. The van der Waals surface area contributed by atoms with Crippen LogP contribution in [-0.2, 0) is 4.79 Å². The second kappa shape index (κ2) is 7.59. The number of aliphatic carboxylic acids is 1. The van der Waals surface area contributed by atoms with Gasteiger partial charge in [0.05, 0.1) is 5.69 Å². The number of fused-ring (bicyclic) bond motifs is 1. The Kier molecular flexibility index (Phi) is 5.76. The maximum Gasteiger partial charge on any atom is 0.303 e. The van der Waals surface area contributed by atoms with Gasteiger partial charge in [-0.3, -0.25) is 14.0 Å². The topological polar surface area (TPSA) is 83.7 Å². The van der Waals surface area contributed by atoms with Gasteiger partial charge in [0.25, 0.3) is 5.91 Å². The second-order valence-electron chi connectivity index (χ2n) is 5.54. The molecule has 0 fully saturated rings. The number of nitrogens with one attached hydrogen (secondary N) is 1. The minimum Gasteiger partial charge on any atom is -0.481 e. The van der Waals surface area contributed by atoms with Gasteiger partial charge >= 0.3 is 5.97 Å². The van der Waals surface area contributed by atoms with Crippen molar-refractivity contribution < 1.29 is 14.7 Å². The molecular weight excluding hydrogens is 362 g/mol. The van der Waals surface area contributed by atoms with Gasteiger partial charge in [-0.1, -0.05) is 6.42 Å². The molecule has 0 aliphatic carbocycles. The molecule has 2 aromatic rings. The maximum absolute atomic E-state index is 12.4. The Morgan fingerprint density at radius 3 is 2.74 bits per heavy atom. The van der Waals surface area contributed by atoms with Crippen LogP contribution in [0.15, 0.2) is 16.7 Å².